The minimum absolute atomic E-state index is 0.00218. The lowest BCUT2D eigenvalue weighted by Crippen LogP contribution is -1.94. The number of aromatic hydroxyl groups is 1. The smallest absolute Gasteiger partial charge is 0.332 e. The van der Waals surface area contributed by atoms with E-state index >= 15 is 0 Å². The van der Waals surface area contributed by atoms with Crippen LogP contribution in [0.5, 0.6) is 5.75 Å². The van der Waals surface area contributed by atoms with Gasteiger partial charge in [-0.15, -0.1) is 14.1 Å². The van der Waals surface area contributed by atoms with Gasteiger partial charge in [-0.3, -0.25) is 0 Å². The number of nitrogens with zero attached hydrogens (tertiary/aromatic N) is 2. The van der Waals surface area contributed by atoms with Crippen molar-refractivity contribution >= 4 is 56.0 Å². The lowest BCUT2D eigenvalue weighted by atomic mass is 10.2. The summed E-state index contributed by atoms with van der Waals surface area (Å²) in [5, 5.41) is 17.3. The number of aromatic nitrogens is 2. The van der Waals surface area contributed by atoms with Gasteiger partial charge < -0.3 is 9.52 Å². The Morgan fingerprint density at radius 3 is 2.28 bits per heavy atom. The topological polar surface area (TPSA) is 93.3 Å². The summed E-state index contributed by atoms with van der Waals surface area (Å²) in [7, 11) is -4.87. The number of halogens is 4. The zero-order valence-electron chi connectivity index (χ0n) is 11.9. The van der Waals surface area contributed by atoms with Crippen molar-refractivity contribution in [1.82, 2.24) is 10.2 Å². The number of phenols is 1. The summed E-state index contributed by atoms with van der Waals surface area (Å²) in [6.07, 6.45) is 0. The first kappa shape index (κ1) is 18.4. The van der Waals surface area contributed by atoms with Crippen LogP contribution >= 0.6 is 45.8 Å². The van der Waals surface area contributed by atoms with Crippen molar-refractivity contribution in [2.75, 3.05) is 0 Å². The van der Waals surface area contributed by atoms with Crippen LogP contribution in [0.15, 0.2) is 39.6 Å². The summed E-state index contributed by atoms with van der Waals surface area (Å²) in [5.41, 5.74) is 0.616. The molecule has 0 aliphatic rings. The van der Waals surface area contributed by atoms with E-state index in [2.05, 4.69) is 10.2 Å². The maximum atomic E-state index is 13.2. The van der Waals surface area contributed by atoms with Gasteiger partial charge in [-0.05, 0) is 52.9 Å². The molecule has 0 saturated carbocycles. The average molecular weight is 515 g/mol. The quantitative estimate of drug-likeness (QED) is 0.403. The van der Waals surface area contributed by atoms with E-state index in [1.807, 2.05) is 22.6 Å². The Morgan fingerprint density at radius 1 is 1.08 bits per heavy atom. The summed E-state index contributed by atoms with van der Waals surface area (Å²) < 4.78 is 41.4. The predicted octanol–water partition coefficient (Wildman–Crippen LogP) is 4.68. The molecule has 0 radical (unpaired) electrons. The molecule has 1 aromatic heterocycles. The molecule has 0 fully saturated rings. The molecule has 0 unspecified atom stereocenters. The minimum Gasteiger partial charge on any atom is -0.505 e. The Labute approximate surface area is 164 Å². The van der Waals surface area contributed by atoms with E-state index in [0.717, 1.165) is 12.1 Å². The van der Waals surface area contributed by atoms with Gasteiger partial charge in [-0.1, -0.05) is 23.2 Å². The normalized spacial score (nSPS) is 11.7. The van der Waals surface area contributed by atoms with Gasteiger partial charge in [0.05, 0.1) is 20.5 Å². The molecule has 0 aliphatic heterocycles. The lowest BCUT2D eigenvalue weighted by molar-refractivity contribution is 0.476. The first-order chi connectivity index (χ1) is 11.7. The summed E-state index contributed by atoms with van der Waals surface area (Å²) in [6, 6.07) is 6.42. The Balaban J connectivity index is 2.08. The van der Waals surface area contributed by atoms with Crippen molar-refractivity contribution in [3.05, 3.63) is 43.9 Å². The molecular formula is C14H6Cl2FIN2O4S. The number of phenolic OH excluding ortho intramolecular Hbond substituents is 1. The summed E-state index contributed by atoms with van der Waals surface area (Å²) in [5.74, 6) is -0.240. The number of benzene rings is 2. The molecule has 1 N–H and O–H groups in total. The molecular weight excluding hydrogens is 509 g/mol. The fourth-order valence-corrected chi connectivity index (χ4v) is 3.50. The second-order valence-electron chi connectivity index (χ2n) is 4.78. The summed E-state index contributed by atoms with van der Waals surface area (Å²) in [6.45, 7) is 0. The highest BCUT2D eigenvalue weighted by molar-refractivity contribution is 14.1. The van der Waals surface area contributed by atoms with Crippen molar-refractivity contribution in [3.8, 4) is 28.7 Å². The summed E-state index contributed by atoms with van der Waals surface area (Å²) in [4.78, 5) is -0.515. The molecule has 0 amide bonds. The average Bonchev–Trinajstić information content (AvgIpc) is 3.01. The fourth-order valence-electron chi connectivity index (χ4n) is 1.96. The van der Waals surface area contributed by atoms with E-state index in [-0.39, 0.29) is 33.1 Å². The molecule has 11 heteroatoms. The van der Waals surface area contributed by atoms with Crippen LogP contribution in [0.1, 0.15) is 0 Å². The highest BCUT2D eigenvalue weighted by Crippen LogP contribution is 2.37. The summed E-state index contributed by atoms with van der Waals surface area (Å²) >= 11 is 13.6. The second kappa shape index (κ2) is 6.71. The Morgan fingerprint density at radius 2 is 1.68 bits per heavy atom. The first-order valence-electron chi connectivity index (χ1n) is 6.43. The van der Waals surface area contributed by atoms with Crippen molar-refractivity contribution in [3.63, 3.8) is 0 Å². The van der Waals surface area contributed by atoms with Crippen molar-refractivity contribution < 1.29 is 21.8 Å². The van der Waals surface area contributed by atoms with Crippen LogP contribution in [-0.4, -0.2) is 23.7 Å². The van der Waals surface area contributed by atoms with Gasteiger partial charge in [0, 0.05) is 9.13 Å². The molecule has 0 aliphatic carbocycles. The molecule has 2 aromatic carbocycles. The number of hydrogen-bond acceptors (Lipinski definition) is 6. The maximum absolute atomic E-state index is 13.2. The standard InChI is InChI=1S/C14H6Cl2FIN2O4S/c15-9-3-6(4-10(16)12(9)21)13-19-20-14(24-13)8-5-7(25(17,22)23)1-2-11(8)18/h1-5,21H. The third-order valence-corrected chi connectivity index (χ3v) is 5.47. The zero-order valence-corrected chi connectivity index (χ0v) is 16.4. The minimum atomic E-state index is -4.87. The van der Waals surface area contributed by atoms with Crippen LogP contribution in [0.2, 0.25) is 10.0 Å². The van der Waals surface area contributed by atoms with Gasteiger partial charge in [-0.2, -0.15) is 8.42 Å². The van der Waals surface area contributed by atoms with Crippen LogP contribution in [0.4, 0.5) is 3.89 Å². The zero-order chi connectivity index (χ0) is 18.4. The van der Waals surface area contributed by atoms with Gasteiger partial charge in [0.25, 0.3) is 0 Å². The molecule has 0 bridgehead atoms. The van der Waals surface area contributed by atoms with Crippen LogP contribution < -0.4 is 0 Å². The molecule has 0 saturated heterocycles. The Bertz CT molecular complexity index is 1070. The number of hydrogen-bond donors (Lipinski definition) is 1. The highest BCUT2D eigenvalue weighted by Gasteiger charge is 2.19. The first-order valence-corrected chi connectivity index (χ1v) is 9.65. The molecule has 0 spiro atoms. The van der Waals surface area contributed by atoms with Crippen LogP contribution in [0.3, 0.4) is 0 Å². The van der Waals surface area contributed by atoms with E-state index in [1.54, 1.807) is 0 Å². The SMILES string of the molecule is O=S(=O)(F)c1ccc(I)c(-c2nnc(-c3cc(Cl)c(O)c(Cl)c3)o2)c1. The molecule has 130 valence electrons. The van der Waals surface area contributed by atoms with Crippen molar-refractivity contribution in [1.29, 1.82) is 0 Å². The van der Waals surface area contributed by atoms with Gasteiger partial charge >= 0.3 is 10.2 Å². The van der Waals surface area contributed by atoms with Crippen LogP contribution in [0.25, 0.3) is 22.9 Å². The van der Waals surface area contributed by atoms with Crippen LogP contribution in [-0.2, 0) is 10.2 Å². The third kappa shape index (κ3) is 3.73. The van der Waals surface area contributed by atoms with Crippen molar-refractivity contribution in [2.24, 2.45) is 0 Å². The van der Waals surface area contributed by atoms with E-state index in [9.17, 15) is 17.4 Å². The van der Waals surface area contributed by atoms with Gasteiger partial charge in [0.1, 0.15) is 0 Å². The lowest BCUT2D eigenvalue weighted by Gasteiger charge is -2.03. The second-order valence-corrected chi connectivity index (χ2v) is 8.10. The van der Waals surface area contributed by atoms with E-state index in [1.165, 1.54) is 18.2 Å². The monoisotopic (exact) mass is 514 g/mol. The van der Waals surface area contributed by atoms with Gasteiger partial charge in [0.2, 0.25) is 11.8 Å². The predicted molar refractivity (Wildman–Crippen MR) is 97.9 cm³/mol. The van der Waals surface area contributed by atoms with Crippen molar-refractivity contribution in [2.45, 2.75) is 4.90 Å². The fraction of sp³-hybridized carbons (Fsp3) is 0. The molecule has 3 rings (SSSR count). The van der Waals surface area contributed by atoms with Gasteiger partial charge in [0.15, 0.2) is 5.75 Å². The van der Waals surface area contributed by atoms with E-state index in [4.69, 9.17) is 27.6 Å². The maximum Gasteiger partial charge on any atom is 0.332 e. The molecule has 1 heterocycles. The largest absolute Gasteiger partial charge is 0.505 e. The molecule has 3 aromatic rings. The molecule has 0 atom stereocenters. The molecule has 6 nitrogen and oxygen atoms in total. The Kier molecular flexibility index (Phi) is 4.93. The number of rotatable bonds is 3. The van der Waals surface area contributed by atoms with Gasteiger partial charge in [-0.25, -0.2) is 0 Å². The Hall–Kier alpha value is -1.43. The van der Waals surface area contributed by atoms with Crippen LogP contribution in [0, 0.1) is 3.57 Å². The molecule has 25 heavy (non-hydrogen) atoms. The highest BCUT2D eigenvalue weighted by atomic mass is 127. The third-order valence-electron chi connectivity index (χ3n) is 3.14. The van der Waals surface area contributed by atoms with E-state index in [0.29, 0.717) is 9.13 Å². The van der Waals surface area contributed by atoms with E-state index < -0.39 is 15.1 Å².